The van der Waals surface area contributed by atoms with Crippen LogP contribution in [-0.4, -0.2) is 53.2 Å². The van der Waals surface area contributed by atoms with Gasteiger partial charge in [0.1, 0.15) is 12.1 Å². The predicted molar refractivity (Wildman–Crippen MR) is 133 cm³/mol. The molecule has 2 aliphatic rings. The van der Waals surface area contributed by atoms with Gasteiger partial charge in [-0.3, -0.25) is 4.79 Å². The van der Waals surface area contributed by atoms with Crippen molar-refractivity contribution >= 4 is 19.0 Å². The summed E-state index contributed by atoms with van der Waals surface area (Å²) in [5.41, 5.74) is 7.92. The molecule has 0 aromatic heterocycles. The quantitative estimate of drug-likeness (QED) is 0.122. The highest BCUT2D eigenvalue weighted by Crippen LogP contribution is 2.39. The molecule has 2 saturated heterocycles. The number of unbranched alkanes of at least 4 members (excludes halogenated alkanes) is 1. The summed E-state index contributed by atoms with van der Waals surface area (Å²) in [5.74, 6) is -0.642. The monoisotopic (exact) mass is 484 g/mol. The van der Waals surface area contributed by atoms with E-state index in [1.54, 1.807) is 4.90 Å². The Kier molecular flexibility index (Phi) is 8.52. The summed E-state index contributed by atoms with van der Waals surface area (Å²) in [6.45, 7) is 10.0. The van der Waals surface area contributed by atoms with Gasteiger partial charge < -0.3 is 18.9 Å². The van der Waals surface area contributed by atoms with Crippen molar-refractivity contribution in [3.05, 3.63) is 46.3 Å². The highest BCUT2D eigenvalue weighted by Gasteiger charge is 2.52. The first kappa shape index (κ1) is 27.0. The first-order valence-electron chi connectivity index (χ1n) is 12.4. The molecule has 0 radical (unpaired) electrons. The Labute approximate surface area is 208 Å². The van der Waals surface area contributed by atoms with Crippen molar-refractivity contribution in [2.24, 2.45) is 5.11 Å². The molecular formula is C25H37BN4O5. The summed E-state index contributed by atoms with van der Waals surface area (Å²) in [4.78, 5) is 30.8. The van der Waals surface area contributed by atoms with Gasteiger partial charge in [-0.15, -0.1) is 0 Å². The highest BCUT2D eigenvalue weighted by atomic mass is 16.7. The van der Waals surface area contributed by atoms with E-state index in [0.717, 1.165) is 12.0 Å². The van der Waals surface area contributed by atoms with Gasteiger partial charge in [0.05, 0.1) is 11.2 Å². The number of ether oxygens (including phenoxy) is 1. The molecule has 190 valence electrons. The second kappa shape index (κ2) is 11.0. The van der Waals surface area contributed by atoms with Gasteiger partial charge >= 0.3 is 13.1 Å². The fourth-order valence-corrected chi connectivity index (χ4v) is 4.93. The summed E-state index contributed by atoms with van der Waals surface area (Å²) < 4.78 is 17.9. The molecule has 0 aliphatic carbocycles. The largest absolute Gasteiger partial charge is 0.459 e. The van der Waals surface area contributed by atoms with E-state index in [1.165, 1.54) is 6.92 Å². The molecule has 35 heavy (non-hydrogen) atoms. The molecule has 1 aromatic carbocycles. The second-order valence-corrected chi connectivity index (χ2v) is 10.5. The van der Waals surface area contributed by atoms with Crippen LogP contribution in [0.5, 0.6) is 0 Å². The van der Waals surface area contributed by atoms with Gasteiger partial charge in [-0.1, -0.05) is 48.3 Å². The van der Waals surface area contributed by atoms with Crippen molar-refractivity contribution in [2.75, 3.05) is 6.54 Å². The lowest BCUT2D eigenvalue weighted by Crippen LogP contribution is -2.61. The van der Waals surface area contributed by atoms with E-state index in [1.807, 2.05) is 58.0 Å². The molecule has 1 amide bonds. The average Bonchev–Trinajstić information content (AvgIpc) is 3.01. The van der Waals surface area contributed by atoms with Crippen molar-refractivity contribution < 1.29 is 23.6 Å². The summed E-state index contributed by atoms with van der Waals surface area (Å²) in [5, 5.41) is 3.89. The number of nitrogens with zero attached hydrogens (tertiary/aromatic N) is 4. The third-order valence-electron chi connectivity index (χ3n) is 7.55. The van der Waals surface area contributed by atoms with Crippen molar-refractivity contribution in [3.8, 4) is 0 Å². The fraction of sp³-hybridized carbons (Fsp3) is 0.680. The number of hydrogen-bond donors (Lipinski definition) is 0. The van der Waals surface area contributed by atoms with Crippen LogP contribution < -0.4 is 0 Å². The van der Waals surface area contributed by atoms with Crippen LogP contribution in [0.25, 0.3) is 10.4 Å². The van der Waals surface area contributed by atoms with Crippen LogP contribution in [0, 0.1) is 0 Å². The molecule has 10 heteroatoms. The van der Waals surface area contributed by atoms with Crippen molar-refractivity contribution in [1.29, 1.82) is 0 Å². The van der Waals surface area contributed by atoms with Gasteiger partial charge in [0.25, 0.3) is 0 Å². The number of rotatable bonds is 9. The van der Waals surface area contributed by atoms with E-state index >= 15 is 0 Å². The van der Waals surface area contributed by atoms with Gasteiger partial charge in [0.15, 0.2) is 0 Å². The lowest BCUT2D eigenvalue weighted by atomic mass is 9.77. The number of likely N-dealkylation sites (tertiary alicyclic amines) is 1. The molecule has 2 fully saturated rings. The third-order valence-corrected chi connectivity index (χ3v) is 7.55. The third kappa shape index (κ3) is 6.18. The highest BCUT2D eigenvalue weighted by molar-refractivity contribution is 6.45. The van der Waals surface area contributed by atoms with Gasteiger partial charge in [-0.2, -0.15) is 0 Å². The molecular weight excluding hydrogens is 447 g/mol. The Hall–Kier alpha value is -2.55. The minimum Gasteiger partial charge on any atom is -0.459 e. The molecule has 1 aromatic rings. The van der Waals surface area contributed by atoms with E-state index in [4.69, 9.17) is 19.6 Å². The molecule has 2 heterocycles. The van der Waals surface area contributed by atoms with Crippen molar-refractivity contribution in [3.63, 3.8) is 0 Å². The standard InChI is InChI=1S/C25H37BN4O5/c1-19(31)30-16-13-21(28-29-27)17-25(30,22(32)33-18-20-11-7-6-8-12-20)14-9-10-15-26-34-23(2,3)24(4,5)35-26/h6-8,11-12,21H,9-10,13-18H2,1-5H3/t21-,25+/m0/s1. The molecule has 0 bridgehead atoms. The maximum atomic E-state index is 13.6. The van der Waals surface area contributed by atoms with Crippen LogP contribution in [0.1, 0.15) is 72.3 Å². The van der Waals surface area contributed by atoms with Gasteiger partial charge in [0, 0.05) is 24.4 Å². The summed E-state index contributed by atoms with van der Waals surface area (Å²) in [6, 6.07) is 9.07. The zero-order chi connectivity index (χ0) is 25.7. The Balaban J connectivity index is 1.73. The number of hydrogen-bond acceptors (Lipinski definition) is 6. The van der Waals surface area contributed by atoms with Crippen LogP contribution in [0.4, 0.5) is 0 Å². The Bertz CT molecular complexity index is 934. The molecule has 2 atom stereocenters. The van der Waals surface area contributed by atoms with Gasteiger partial charge in [-0.25, -0.2) is 4.79 Å². The Morgan fingerprint density at radius 1 is 1.17 bits per heavy atom. The maximum absolute atomic E-state index is 13.6. The van der Waals surface area contributed by atoms with E-state index in [2.05, 4.69) is 10.0 Å². The smallest absolute Gasteiger partial charge is 0.457 e. The van der Waals surface area contributed by atoms with Gasteiger partial charge in [-0.05, 0) is 64.4 Å². The number of carbonyl (C=O) groups is 2. The van der Waals surface area contributed by atoms with E-state index in [-0.39, 0.29) is 32.1 Å². The van der Waals surface area contributed by atoms with E-state index < -0.39 is 22.7 Å². The summed E-state index contributed by atoms with van der Waals surface area (Å²) in [6.07, 6.45) is 3.28. The number of azide groups is 1. The van der Waals surface area contributed by atoms with E-state index in [9.17, 15) is 9.59 Å². The lowest BCUT2D eigenvalue weighted by Gasteiger charge is -2.46. The van der Waals surface area contributed by atoms with Crippen LogP contribution in [-0.2, 0) is 30.2 Å². The Morgan fingerprint density at radius 3 is 2.43 bits per heavy atom. The topological polar surface area (TPSA) is 114 Å². The lowest BCUT2D eigenvalue weighted by molar-refractivity contribution is -0.169. The van der Waals surface area contributed by atoms with E-state index in [0.29, 0.717) is 32.1 Å². The SMILES string of the molecule is CC(=O)N1CC[C@H](N=[N+]=[N-])C[C@]1(CCCCB1OC(C)(C)C(C)(C)O1)C(=O)OCc1ccccc1. The Morgan fingerprint density at radius 2 is 1.83 bits per heavy atom. The zero-order valence-electron chi connectivity index (χ0n) is 21.5. The first-order valence-corrected chi connectivity index (χ1v) is 12.4. The molecule has 3 rings (SSSR count). The number of piperidine rings is 1. The second-order valence-electron chi connectivity index (χ2n) is 10.5. The molecule has 0 spiro atoms. The normalized spacial score (nSPS) is 25.1. The zero-order valence-corrected chi connectivity index (χ0v) is 21.5. The molecule has 0 N–H and O–H groups in total. The fourth-order valence-electron chi connectivity index (χ4n) is 4.93. The summed E-state index contributed by atoms with van der Waals surface area (Å²) in [7, 11) is -0.313. The van der Waals surface area contributed by atoms with Crippen LogP contribution in [0.2, 0.25) is 6.32 Å². The van der Waals surface area contributed by atoms with Crippen LogP contribution >= 0.6 is 0 Å². The maximum Gasteiger partial charge on any atom is 0.457 e. The summed E-state index contributed by atoms with van der Waals surface area (Å²) >= 11 is 0. The number of esters is 1. The minimum atomic E-state index is -1.17. The number of benzene rings is 1. The number of carbonyl (C=O) groups excluding carboxylic acids is 2. The van der Waals surface area contributed by atoms with Crippen LogP contribution in [0.15, 0.2) is 35.4 Å². The predicted octanol–water partition coefficient (Wildman–Crippen LogP) is 5.05. The molecule has 2 aliphatic heterocycles. The van der Waals surface area contributed by atoms with Crippen molar-refractivity contribution in [1.82, 2.24) is 4.90 Å². The van der Waals surface area contributed by atoms with Crippen LogP contribution in [0.3, 0.4) is 0 Å². The molecule has 0 saturated carbocycles. The molecule has 0 unspecified atom stereocenters. The minimum absolute atomic E-state index is 0.118. The average molecular weight is 484 g/mol. The number of amides is 1. The molecule has 9 nitrogen and oxygen atoms in total. The van der Waals surface area contributed by atoms with Gasteiger partial charge in [0.2, 0.25) is 5.91 Å². The van der Waals surface area contributed by atoms with Crippen molar-refractivity contribution in [2.45, 2.75) is 102 Å². The first-order chi connectivity index (χ1) is 16.5.